The predicted octanol–water partition coefficient (Wildman–Crippen LogP) is 5.11. The molecule has 0 spiro atoms. The standard InChI is InChI=1S/C18H20N2/c1-3-5-9-14(4-2)20-16-11-7-6-10-15(16)18-17(20)12-8-13-19-18/h3,5-8,10-14H,4,9H2,1-2H3/b5-3-. The van der Waals surface area contributed by atoms with Crippen LogP contribution in [0.3, 0.4) is 0 Å². The third-order valence-electron chi connectivity index (χ3n) is 3.94. The first kappa shape index (κ1) is 12.9. The second-order valence-corrected chi connectivity index (χ2v) is 5.13. The van der Waals surface area contributed by atoms with Crippen molar-refractivity contribution in [3.63, 3.8) is 0 Å². The first-order valence-electron chi connectivity index (χ1n) is 7.31. The second kappa shape index (κ2) is 5.49. The maximum absolute atomic E-state index is 4.59. The molecular formula is C18H20N2. The first-order chi connectivity index (χ1) is 9.86. The van der Waals surface area contributed by atoms with Gasteiger partial charge >= 0.3 is 0 Å². The number of rotatable bonds is 4. The molecule has 1 atom stereocenters. The quantitative estimate of drug-likeness (QED) is 0.599. The molecule has 102 valence electrons. The van der Waals surface area contributed by atoms with Crippen LogP contribution in [0.4, 0.5) is 0 Å². The largest absolute Gasteiger partial charge is 0.336 e. The van der Waals surface area contributed by atoms with Crippen LogP contribution in [0.1, 0.15) is 32.7 Å². The molecule has 0 bridgehead atoms. The van der Waals surface area contributed by atoms with Crippen LogP contribution >= 0.6 is 0 Å². The van der Waals surface area contributed by atoms with Gasteiger partial charge in [-0.1, -0.05) is 37.3 Å². The van der Waals surface area contributed by atoms with Crippen LogP contribution in [0.2, 0.25) is 0 Å². The third-order valence-corrected chi connectivity index (χ3v) is 3.94. The Balaban J connectivity index is 2.30. The van der Waals surface area contributed by atoms with Crippen LogP contribution < -0.4 is 0 Å². The van der Waals surface area contributed by atoms with Crippen LogP contribution in [0.15, 0.2) is 54.7 Å². The van der Waals surface area contributed by atoms with Crippen LogP contribution in [-0.2, 0) is 0 Å². The molecule has 0 N–H and O–H groups in total. The molecule has 0 radical (unpaired) electrons. The summed E-state index contributed by atoms with van der Waals surface area (Å²) in [6, 6.07) is 13.3. The van der Waals surface area contributed by atoms with Gasteiger partial charge in [0.05, 0.1) is 16.6 Å². The van der Waals surface area contributed by atoms with Gasteiger partial charge in [0, 0.05) is 17.6 Å². The van der Waals surface area contributed by atoms with Crippen molar-refractivity contribution in [3.8, 4) is 0 Å². The molecule has 2 aromatic heterocycles. The fraction of sp³-hybridized carbons (Fsp3) is 0.278. The van der Waals surface area contributed by atoms with E-state index < -0.39 is 0 Å². The van der Waals surface area contributed by atoms with Crippen molar-refractivity contribution < 1.29 is 0 Å². The lowest BCUT2D eigenvalue weighted by Crippen LogP contribution is -2.06. The minimum atomic E-state index is 0.484. The molecule has 1 aromatic carbocycles. The van der Waals surface area contributed by atoms with E-state index in [-0.39, 0.29) is 0 Å². The van der Waals surface area contributed by atoms with Crippen LogP contribution in [0, 0.1) is 0 Å². The van der Waals surface area contributed by atoms with Gasteiger partial charge in [0.25, 0.3) is 0 Å². The van der Waals surface area contributed by atoms with Crippen molar-refractivity contribution in [2.24, 2.45) is 0 Å². The summed E-state index contributed by atoms with van der Waals surface area (Å²) in [7, 11) is 0. The maximum atomic E-state index is 4.59. The SMILES string of the molecule is C/C=C\CC(CC)n1c2ccccc2c2ncccc21. The van der Waals surface area contributed by atoms with Crippen LogP contribution in [0.5, 0.6) is 0 Å². The molecule has 1 unspecified atom stereocenters. The lowest BCUT2D eigenvalue weighted by Gasteiger charge is -2.18. The van der Waals surface area contributed by atoms with Gasteiger partial charge < -0.3 is 4.57 Å². The number of allylic oxidation sites excluding steroid dienone is 2. The molecule has 3 rings (SSSR count). The zero-order valence-electron chi connectivity index (χ0n) is 12.1. The average molecular weight is 264 g/mol. The predicted molar refractivity (Wildman–Crippen MR) is 86.0 cm³/mol. The van der Waals surface area contributed by atoms with Crippen molar-refractivity contribution in [1.82, 2.24) is 9.55 Å². The van der Waals surface area contributed by atoms with E-state index in [1.807, 2.05) is 12.3 Å². The molecule has 2 heterocycles. The summed E-state index contributed by atoms with van der Waals surface area (Å²) in [6.45, 7) is 4.34. The molecule has 20 heavy (non-hydrogen) atoms. The fourth-order valence-corrected chi connectivity index (χ4v) is 2.95. The fourth-order valence-electron chi connectivity index (χ4n) is 2.95. The molecule has 0 amide bonds. The van der Waals surface area contributed by atoms with Crippen molar-refractivity contribution in [3.05, 3.63) is 54.7 Å². The minimum Gasteiger partial charge on any atom is -0.336 e. The second-order valence-electron chi connectivity index (χ2n) is 5.13. The number of hydrogen-bond acceptors (Lipinski definition) is 1. The zero-order valence-corrected chi connectivity index (χ0v) is 12.1. The number of fused-ring (bicyclic) bond motifs is 3. The van der Waals surface area contributed by atoms with Gasteiger partial charge in [-0.05, 0) is 38.0 Å². The van der Waals surface area contributed by atoms with E-state index in [2.05, 4.69) is 65.9 Å². The zero-order chi connectivity index (χ0) is 13.9. The highest BCUT2D eigenvalue weighted by Crippen LogP contribution is 2.32. The summed E-state index contributed by atoms with van der Waals surface area (Å²) in [6.07, 6.45) is 8.45. The Hall–Kier alpha value is -2.09. The van der Waals surface area contributed by atoms with E-state index in [1.165, 1.54) is 16.4 Å². The Morgan fingerprint density at radius 2 is 1.95 bits per heavy atom. The third kappa shape index (κ3) is 2.01. The topological polar surface area (TPSA) is 17.8 Å². The van der Waals surface area contributed by atoms with E-state index in [0.717, 1.165) is 18.4 Å². The molecule has 0 saturated carbocycles. The van der Waals surface area contributed by atoms with Gasteiger partial charge in [0.15, 0.2) is 0 Å². The lowest BCUT2D eigenvalue weighted by atomic mass is 10.1. The van der Waals surface area contributed by atoms with E-state index in [0.29, 0.717) is 6.04 Å². The average Bonchev–Trinajstić information content (AvgIpc) is 2.84. The number of para-hydroxylation sites is 1. The summed E-state index contributed by atoms with van der Waals surface area (Å²) < 4.78 is 2.46. The number of hydrogen-bond donors (Lipinski definition) is 0. The van der Waals surface area contributed by atoms with Crippen LogP contribution in [0.25, 0.3) is 21.9 Å². The molecule has 0 aliphatic rings. The molecule has 0 fully saturated rings. The Morgan fingerprint density at radius 3 is 2.75 bits per heavy atom. The monoisotopic (exact) mass is 264 g/mol. The number of aromatic nitrogens is 2. The minimum absolute atomic E-state index is 0.484. The summed E-state index contributed by atoms with van der Waals surface area (Å²) in [5, 5.41) is 1.25. The Labute approximate surface area is 119 Å². The smallest absolute Gasteiger partial charge is 0.0959 e. The highest BCUT2D eigenvalue weighted by Gasteiger charge is 2.16. The van der Waals surface area contributed by atoms with Gasteiger partial charge in [-0.2, -0.15) is 0 Å². The van der Waals surface area contributed by atoms with E-state index in [9.17, 15) is 0 Å². The Kier molecular flexibility index (Phi) is 3.55. The highest BCUT2D eigenvalue weighted by atomic mass is 15.0. The maximum Gasteiger partial charge on any atom is 0.0959 e. The highest BCUT2D eigenvalue weighted by molar-refractivity contribution is 6.05. The summed E-state index contributed by atoms with van der Waals surface area (Å²) in [5.41, 5.74) is 3.64. The van der Waals surface area contributed by atoms with Gasteiger partial charge in [-0.3, -0.25) is 4.98 Å². The Morgan fingerprint density at radius 1 is 1.15 bits per heavy atom. The molecule has 0 aliphatic carbocycles. The molecule has 0 aliphatic heterocycles. The van der Waals surface area contributed by atoms with Gasteiger partial charge in [-0.15, -0.1) is 0 Å². The molecular weight excluding hydrogens is 244 g/mol. The summed E-state index contributed by atoms with van der Waals surface area (Å²) >= 11 is 0. The number of nitrogens with zero attached hydrogens (tertiary/aromatic N) is 2. The van der Waals surface area contributed by atoms with Crippen molar-refractivity contribution >= 4 is 21.9 Å². The molecule has 0 saturated heterocycles. The van der Waals surface area contributed by atoms with Crippen molar-refractivity contribution in [2.75, 3.05) is 0 Å². The molecule has 3 aromatic rings. The van der Waals surface area contributed by atoms with Crippen molar-refractivity contribution in [1.29, 1.82) is 0 Å². The van der Waals surface area contributed by atoms with E-state index >= 15 is 0 Å². The van der Waals surface area contributed by atoms with E-state index in [4.69, 9.17) is 0 Å². The van der Waals surface area contributed by atoms with E-state index in [1.54, 1.807) is 0 Å². The summed E-state index contributed by atoms with van der Waals surface area (Å²) in [5.74, 6) is 0. The normalized spacial score (nSPS) is 13.5. The molecule has 2 heteroatoms. The molecule has 2 nitrogen and oxygen atoms in total. The van der Waals surface area contributed by atoms with Gasteiger partial charge in [-0.25, -0.2) is 0 Å². The van der Waals surface area contributed by atoms with Gasteiger partial charge in [0.1, 0.15) is 0 Å². The summed E-state index contributed by atoms with van der Waals surface area (Å²) in [4.78, 5) is 4.59. The van der Waals surface area contributed by atoms with Crippen LogP contribution in [-0.4, -0.2) is 9.55 Å². The number of benzene rings is 1. The number of pyridine rings is 1. The lowest BCUT2D eigenvalue weighted by molar-refractivity contribution is 0.519. The van der Waals surface area contributed by atoms with Crippen molar-refractivity contribution in [2.45, 2.75) is 32.7 Å². The first-order valence-corrected chi connectivity index (χ1v) is 7.31. The van der Waals surface area contributed by atoms with Gasteiger partial charge in [0.2, 0.25) is 0 Å². The Bertz CT molecular complexity index is 699.